The minimum atomic E-state index is -1.60. The Morgan fingerprint density at radius 2 is 1.90 bits per heavy atom. The van der Waals surface area contributed by atoms with Crippen molar-refractivity contribution in [3.63, 3.8) is 0 Å². The third-order valence-corrected chi connectivity index (χ3v) is 6.38. The van der Waals surface area contributed by atoms with Gasteiger partial charge in [-0.1, -0.05) is 31.5 Å². The zero-order valence-corrected chi connectivity index (χ0v) is 18.2. The Morgan fingerprint density at radius 1 is 1.27 bits per heavy atom. The lowest BCUT2D eigenvalue weighted by Crippen LogP contribution is -2.20. The Morgan fingerprint density at radius 3 is 2.47 bits per heavy atom. The molecule has 2 unspecified atom stereocenters. The zero-order chi connectivity index (χ0) is 22.4. The molecular weight excluding hydrogens is 435 g/mol. The van der Waals surface area contributed by atoms with Crippen molar-refractivity contribution in [1.82, 2.24) is 0 Å². The first-order valence-electron chi connectivity index (χ1n) is 9.38. The summed E-state index contributed by atoms with van der Waals surface area (Å²) in [5.74, 6) is -4.95. The molecule has 0 aliphatic carbocycles. The molecule has 8 heteroatoms. The monoisotopic (exact) mass is 457 g/mol. The number of thioether (sulfide) groups is 1. The number of halogens is 4. The van der Waals surface area contributed by atoms with Gasteiger partial charge in [0.25, 0.3) is 5.91 Å². The Balaban J connectivity index is 2.17. The summed E-state index contributed by atoms with van der Waals surface area (Å²) in [4.78, 5) is 13.1. The Labute approximate surface area is 183 Å². The molecule has 0 bridgehead atoms. The van der Waals surface area contributed by atoms with Gasteiger partial charge < -0.3 is 10.4 Å². The van der Waals surface area contributed by atoms with E-state index in [4.69, 9.17) is 11.6 Å². The lowest BCUT2D eigenvalue weighted by Gasteiger charge is -2.22. The molecule has 1 amide bonds. The second kappa shape index (κ2) is 10.9. The third kappa shape index (κ3) is 6.27. The summed E-state index contributed by atoms with van der Waals surface area (Å²) in [5.41, 5.74) is 0.0170. The minimum Gasteiger partial charge on any atom is -0.393 e. The van der Waals surface area contributed by atoms with E-state index in [1.807, 2.05) is 13.8 Å². The van der Waals surface area contributed by atoms with E-state index >= 15 is 0 Å². The smallest absolute Gasteiger partial charge is 0.255 e. The lowest BCUT2D eigenvalue weighted by molar-refractivity contribution is 0.102. The number of aliphatic hydroxyl groups is 1. The van der Waals surface area contributed by atoms with E-state index in [9.17, 15) is 23.1 Å². The largest absolute Gasteiger partial charge is 0.393 e. The summed E-state index contributed by atoms with van der Waals surface area (Å²) in [6.45, 7) is 7.70. The van der Waals surface area contributed by atoms with Gasteiger partial charge >= 0.3 is 0 Å². The number of aliphatic hydroxyl groups excluding tert-OH is 1. The zero-order valence-electron chi connectivity index (χ0n) is 16.6. The van der Waals surface area contributed by atoms with Gasteiger partial charge in [-0.2, -0.15) is 0 Å². The van der Waals surface area contributed by atoms with Crippen LogP contribution in [0, 0.1) is 23.4 Å². The number of hydrogen-bond donors (Lipinski definition) is 2. The topological polar surface area (TPSA) is 49.3 Å². The number of carbonyl (C=O) groups excluding carboxylic acids is 1. The standard InChI is InChI=1S/C22H23ClF3NO2S/c1-4-15(8-12(3)19(28)5-2)30-20-9-13(6-7-16(20)23)22(29)27-14-10-17(24)21(26)18(25)11-14/h4,6-7,9-12,15,19,28H,1,5,8H2,2-3H3,(H,27,29)/t12?,15-,19?/m1/s1. The summed E-state index contributed by atoms with van der Waals surface area (Å²) in [6.07, 6.45) is 2.66. The molecular formula is C22H23ClF3NO2S. The van der Waals surface area contributed by atoms with Crippen LogP contribution in [0.2, 0.25) is 5.02 Å². The molecule has 2 rings (SSSR count). The highest BCUT2D eigenvalue weighted by atomic mass is 35.5. The number of amides is 1. The fraction of sp³-hybridized carbons (Fsp3) is 0.318. The van der Waals surface area contributed by atoms with Gasteiger partial charge in [0, 0.05) is 33.5 Å². The van der Waals surface area contributed by atoms with E-state index in [0.717, 1.165) is 0 Å². The number of rotatable bonds is 9. The van der Waals surface area contributed by atoms with Gasteiger partial charge in [0.1, 0.15) is 0 Å². The maximum atomic E-state index is 13.4. The molecule has 0 aromatic heterocycles. The van der Waals surface area contributed by atoms with E-state index in [1.165, 1.54) is 17.8 Å². The maximum Gasteiger partial charge on any atom is 0.255 e. The van der Waals surface area contributed by atoms with E-state index in [2.05, 4.69) is 11.9 Å². The number of benzene rings is 2. The van der Waals surface area contributed by atoms with E-state index in [1.54, 1.807) is 18.2 Å². The van der Waals surface area contributed by atoms with Crippen LogP contribution in [0.1, 0.15) is 37.0 Å². The van der Waals surface area contributed by atoms with Crippen molar-refractivity contribution in [3.05, 3.63) is 71.0 Å². The van der Waals surface area contributed by atoms with Crippen LogP contribution >= 0.6 is 23.4 Å². The van der Waals surface area contributed by atoms with Gasteiger partial charge in [0.15, 0.2) is 17.5 Å². The SMILES string of the molecule is C=C[C@H](CC(C)C(O)CC)Sc1cc(C(=O)Nc2cc(F)c(F)c(F)c2)ccc1Cl. The van der Waals surface area contributed by atoms with Crippen LogP contribution in [-0.4, -0.2) is 22.4 Å². The van der Waals surface area contributed by atoms with Crippen molar-refractivity contribution < 1.29 is 23.1 Å². The van der Waals surface area contributed by atoms with Crippen LogP contribution in [0.5, 0.6) is 0 Å². The fourth-order valence-electron chi connectivity index (χ4n) is 2.85. The van der Waals surface area contributed by atoms with Gasteiger partial charge in [-0.3, -0.25) is 4.79 Å². The molecule has 0 saturated carbocycles. The molecule has 162 valence electrons. The van der Waals surface area contributed by atoms with Crippen LogP contribution in [0.15, 0.2) is 47.9 Å². The van der Waals surface area contributed by atoms with Crippen LogP contribution in [0.4, 0.5) is 18.9 Å². The molecule has 2 aromatic carbocycles. The van der Waals surface area contributed by atoms with E-state index in [0.29, 0.717) is 34.9 Å². The normalized spacial score (nSPS) is 14.1. The average molecular weight is 458 g/mol. The lowest BCUT2D eigenvalue weighted by atomic mass is 9.97. The highest BCUT2D eigenvalue weighted by molar-refractivity contribution is 8.00. The van der Waals surface area contributed by atoms with Crippen molar-refractivity contribution in [1.29, 1.82) is 0 Å². The fourth-order valence-corrected chi connectivity index (χ4v) is 4.30. The number of nitrogens with one attached hydrogen (secondary N) is 1. The Kier molecular flexibility index (Phi) is 8.82. The first-order valence-corrected chi connectivity index (χ1v) is 10.6. The minimum absolute atomic E-state index is 0.0442. The molecule has 0 saturated heterocycles. The van der Waals surface area contributed by atoms with Crippen LogP contribution in [-0.2, 0) is 0 Å². The van der Waals surface area contributed by atoms with Crippen LogP contribution in [0.25, 0.3) is 0 Å². The van der Waals surface area contributed by atoms with Crippen molar-refractivity contribution in [2.45, 2.75) is 42.9 Å². The van der Waals surface area contributed by atoms with Gasteiger partial charge in [-0.05, 0) is 37.0 Å². The second-order valence-corrected chi connectivity index (χ2v) is 8.62. The van der Waals surface area contributed by atoms with Gasteiger partial charge in [-0.25, -0.2) is 13.2 Å². The number of carbonyl (C=O) groups is 1. The molecule has 0 aliphatic heterocycles. The molecule has 0 aliphatic rings. The molecule has 0 radical (unpaired) electrons. The van der Waals surface area contributed by atoms with Crippen LogP contribution in [0.3, 0.4) is 0 Å². The summed E-state index contributed by atoms with van der Waals surface area (Å²) >= 11 is 7.68. The average Bonchev–Trinajstić information content (AvgIpc) is 2.71. The highest BCUT2D eigenvalue weighted by Crippen LogP contribution is 2.35. The third-order valence-electron chi connectivity index (χ3n) is 4.66. The summed E-state index contributed by atoms with van der Waals surface area (Å²) in [5, 5.41) is 12.7. The molecule has 30 heavy (non-hydrogen) atoms. The molecule has 0 fully saturated rings. The predicted molar refractivity (Wildman–Crippen MR) is 116 cm³/mol. The summed E-state index contributed by atoms with van der Waals surface area (Å²) in [6, 6.07) is 6.00. The van der Waals surface area contributed by atoms with Gasteiger partial charge in [0.2, 0.25) is 0 Å². The molecule has 0 spiro atoms. The number of hydrogen-bond acceptors (Lipinski definition) is 3. The highest BCUT2D eigenvalue weighted by Gasteiger charge is 2.19. The summed E-state index contributed by atoms with van der Waals surface area (Å²) < 4.78 is 39.8. The molecule has 2 N–H and O–H groups in total. The van der Waals surface area contributed by atoms with Crippen molar-refractivity contribution >= 4 is 35.0 Å². The van der Waals surface area contributed by atoms with E-state index < -0.39 is 29.5 Å². The first kappa shape index (κ1) is 24.3. The Hall–Kier alpha value is -1.96. The summed E-state index contributed by atoms with van der Waals surface area (Å²) in [7, 11) is 0. The number of anilines is 1. The molecule has 3 nitrogen and oxygen atoms in total. The Bertz CT molecular complexity index is 902. The van der Waals surface area contributed by atoms with E-state index in [-0.39, 0.29) is 22.4 Å². The van der Waals surface area contributed by atoms with Gasteiger partial charge in [-0.15, -0.1) is 18.3 Å². The van der Waals surface area contributed by atoms with Crippen molar-refractivity contribution in [2.24, 2.45) is 5.92 Å². The second-order valence-electron chi connectivity index (χ2n) is 6.93. The van der Waals surface area contributed by atoms with Crippen LogP contribution < -0.4 is 5.32 Å². The van der Waals surface area contributed by atoms with Crippen molar-refractivity contribution in [3.8, 4) is 0 Å². The first-order chi connectivity index (χ1) is 14.2. The molecule has 2 aromatic rings. The van der Waals surface area contributed by atoms with Crippen molar-refractivity contribution in [2.75, 3.05) is 5.32 Å². The molecule has 3 atom stereocenters. The van der Waals surface area contributed by atoms with Gasteiger partial charge in [0.05, 0.1) is 11.1 Å². The molecule has 0 heterocycles. The maximum absolute atomic E-state index is 13.4. The quantitative estimate of drug-likeness (QED) is 0.258. The predicted octanol–water partition coefficient (Wildman–Crippen LogP) is 6.45.